The molecule has 0 saturated carbocycles. The summed E-state index contributed by atoms with van der Waals surface area (Å²) in [6, 6.07) is 22.9. The second kappa shape index (κ2) is 9.59. The van der Waals surface area contributed by atoms with Gasteiger partial charge in [-0.2, -0.15) is 0 Å². The number of rotatable bonds is 7. The number of benzene rings is 2. The second-order valence-electron chi connectivity index (χ2n) is 9.53. The number of fused-ring (bicyclic) bond motifs is 1. The van der Waals surface area contributed by atoms with Crippen molar-refractivity contribution in [2.24, 2.45) is 5.73 Å². The number of hydrogen-bond donors (Lipinski definition) is 2. The van der Waals surface area contributed by atoms with E-state index in [1.165, 1.54) is 6.33 Å². The average Bonchev–Trinajstić information content (AvgIpc) is 3.33. The second-order valence-corrected chi connectivity index (χ2v) is 9.53. The summed E-state index contributed by atoms with van der Waals surface area (Å²) in [7, 11) is 0. The van der Waals surface area contributed by atoms with Gasteiger partial charge >= 0.3 is 0 Å². The van der Waals surface area contributed by atoms with Crippen LogP contribution in [0.15, 0.2) is 89.7 Å². The summed E-state index contributed by atoms with van der Waals surface area (Å²) in [5.41, 5.74) is 10.7. The molecule has 7 heteroatoms. The molecule has 3 aromatic heterocycles. The van der Waals surface area contributed by atoms with Crippen LogP contribution in [-0.4, -0.2) is 26.0 Å². The van der Waals surface area contributed by atoms with Crippen LogP contribution in [0.2, 0.25) is 0 Å². The molecule has 0 fully saturated rings. The zero-order valence-electron chi connectivity index (χ0n) is 20.9. The molecular weight excluding hydrogens is 464 g/mol. The van der Waals surface area contributed by atoms with Gasteiger partial charge in [-0.25, -0.2) is 15.0 Å². The Morgan fingerprint density at radius 3 is 2.49 bits per heavy atom. The maximum absolute atomic E-state index is 13.1. The van der Waals surface area contributed by atoms with Crippen molar-refractivity contribution in [3.63, 3.8) is 0 Å². The van der Waals surface area contributed by atoms with Gasteiger partial charge in [0.2, 0.25) is 5.91 Å². The highest BCUT2D eigenvalue weighted by Gasteiger charge is 2.35. The Bertz CT molecular complexity index is 1560. The molecule has 5 rings (SSSR count). The fourth-order valence-electron chi connectivity index (χ4n) is 4.92. The van der Waals surface area contributed by atoms with Crippen LogP contribution in [-0.2, 0) is 10.4 Å². The first-order chi connectivity index (χ1) is 17.8. The normalized spacial score (nSPS) is 14.7. The van der Waals surface area contributed by atoms with E-state index in [4.69, 9.17) is 15.1 Å². The van der Waals surface area contributed by atoms with Gasteiger partial charge in [0.05, 0.1) is 17.3 Å². The third kappa shape index (κ3) is 4.61. The number of aryl methyl sites for hydroxylation is 2. The Morgan fingerprint density at radius 1 is 1.03 bits per heavy atom. The highest BCUT2D eigenvalue weighted by molar-refractivity contribution is 5.85. The van der Waals surface area contributed by atoms with Crippen molar-refractivity contribution in [3.05, 3.63) is 125 Å². The maximum atomic E-state index is 13.1. The fraction of sp³-hybridized carbons (Fsp3) is 0.200. The van der Waals surface area contributed by atoms with Gasteiger partial charge < -0.3 is 15.3 Å². The Morgan fingerprint density at radius 2 is 1.81 bits per heavy atom. The molecule has 0 aliphatic carbocycles. The van der Waals surface area contributed by atoms with Crippen molar-refractivity contribution in [2.75, 3.05) is 0 Å². The summed E-state index contributed by atoms with van der Waals surface area (Å²) < 4.78 is 5.96. The molecule has 0 bridgehead atoms. The highest BCUT2D eigenvalue weighted by atomic mass is 16.4. The van der Waals surface area contributed by atoms with E-state index < -0.39 is 17.4 Å². The van der Waals surface area contributed by atoms with E-state index in [1.54, 1.807) is 37.4 Å². The number of aliphatic hydroxyl groups is 1. The molecule has 0 aliphatic rings. The average molecular weight is 493 g/mol. The van der Waals surface area contributed by atoms with Crippen molar-refractivity contribution < 1.29 is 14.3 Å². The van der Waals surface area contributed by atoms with Crippen molar-refractivity contribution in [2.45, 2.75) is 38.2 Å². The van der Waals surface area contributed by atoms with Gasteiger partial charge in [0.1, 0.15) is 17.6 Å². The van der Waals surface area contributed by atoms with E-state index in [0.717, 1.165) is 22.3 Å². The van der Waals surface area contributed by atoms with Crippen molar-refractivity contribution in [3.8, 4) is 0 Å². The number of hydrogen-bond acceptors (Lipinski definition) is 6. The smallest absolute Gasteiger partial charge is 0.227 e. The molecule has 3 atom stereocenters. The summed E-state index contributed by atoms with van der Waals surface area (Å²) in [5.74, 6) is -1.25. The Labute approximate surface area is 215 Å². The molecular formula is C30H28N4O3. The largest absolute Gasteiger partial charge is 0.456 e. The van der Waals surface area contributed by atoms with Crippen LogP contribution in [0.25, 0.3) is 11.1 Å². The molecule has 37 heavy (non-hydrogen) atoms. The lowest BCUT2D eigenvalue weighted by Crippen LogP contribution is -2.29. The van der Waals surface area contributed by atoms with Crippen LogP contribution < -0.4 is 5.73 Å². The number of carbonyl (C=O) groups is 1. The molecule has 0 spiro atoms. The number of aromatic nitrogens is 3. The molecule has 7 nitrogen and oxygen atoms in total. The van der Waals surface area contributed by atoms with E-state index in [-0.39, 0.29) is 11.7 Å². The van der Waals surface area contributed by atoms with Gasteiger partial charge in [0.15, 0.2) is 11.2 Å². The first-order valence-corrected chi connectivity index (χ1v) is 12.1. The molecule has 0 saturated heterocycles. The number of pyridine rings is 1. The molecule has 3 N–H and O–H groups in total. The predicted octanol–water partition coefficient (Wildman–Crippen LogP) is 4.89. The molecule has 3 heterocycles. The molecule has 0 aliphatic heterocycles. The van der Waals surface area contributed by atoms with Crippen LogP contribution in [0.1, 0.15) is 58.2 Å². The Kier molecular flexibility index (Phi) is 6.31. The fourth-order valence-corrected chi connectivity index (χ4v) is 4.92. The van der Waals surface area contributed by atoms with Gasteiger partial charge in [-0.1, -0.05) is 54.1 Å². The van der Waals surface area contributed by atoms with Crippen LogP contribution in [0.4, 0.5) is 0 Å². The zero-order chi connectivity index (χ0) is 26.2. The monoisotopic (exact) mass is 492 g/mol. The maximum Gasteiger partial charge on any atom is 0.227 e. The van der Waals surface area contributed by atoms with Crippen LogP contribution in [0, 0.1) is 13.8 Å². The predicted molar refractivity (Wildman–Crippen MR) is 141 cm³/mol. The van der Waals surface area contributed by atoms with Crippen LogP contribution in [0.3, 0.4) is 0 Å². The molecule has 186 valence electrons. The first kappa shape index (κ1) is 24.3. The quantitative estimate of drug-likeness (QED) is 0.334. The number of carbonyl (C=O) groups excluding carboxylic acids is 1. The van der Waals surface area contributed by atoms with Gasteiger partial charge in [-0.15, -0.1) is 0 Å². The van der Waals surface area contributed by atoms with E-state index in [2.05, 4.69) is 22.1 Å². The number of primary amides is 1. The number of nitrogens with two attached hydrogens (primary N) is 1. The highest BCUT2D eigenvalue weighted by Crippen LogP contribution is 2.40. The van der Waals surface area contributed by atoms with E-state index in [0.29, 0.717) is 22.5 Å². The molecule has 1 amide bonds. The van der Waals surface area contributed by atoms with Gasteiger partial charge in [0.25, 0.3) is 0 Å². The van der Waals surface area contributed by atoms with Crippen molar-refractivity contribution in [1.29, 1.82) is 0 Å². The molecule has 5 aromatic rings. The summed E-state index contributed by atoms with van der Waals surface area (Å²) in [6.07, 6.45) is 2.93. The molecule has 2 unspecified atom stereocenters. The zero-order valence-corrected chi connectivity index (χ0v) is 20.9. The van der Waals surface area contributed by atoms with Gasteiger partial charge in [-0.3, -0.25) is 4.79 Å². The number of amides is 1. The topological polar surface area (TPSA) is 115 Å². The Hall–Kier alpha value is -4.36. The summed E-state index contributed by atoms with van der Waals surface area (Å²) in [6.45, 7) is 5.69. The minimum absolute atomic E-state index is 0.287. The minimum Gasteiger partial charge on any atom is -0.456 e. The lowest BCUT2D eigenvalue weighted by molar-refractivity contribution is -0.119. The van der Waals surface area contributed by atoms with Gasteiger partial charge in [0, 0.05) is 18.2 Å². The Balaban J connectivity index is 1.63. The molecule has 0 radical (unpaired) electrons. The van der Waals surface area contributed by atoms with Crippen molar-refractivity contribution >= 4 is 17.0 Å². The van der Waals surface area contributed by atoms with E-state index >= 15 is 0 Å². The summed E-state index contributed by atoms with van der Waals surface area (Å²) in [5, 5.41) is 11.2. The third-order valence-electron chi connectivity index (χ3n) is 6.83. The third-order valence-corrected chi connectivity index (χ3v) is 6.83. The summed E-state index contributed by atoms with van der Waals surface area (Å²) in [4.78, 5) is 25.9. The number of nitrogens with zero attached hydrogens (tertiary/aromatic N) is 3. The van der Waals surface area contributed by atoms with Gasteiger partial charge in [-0.05, 0) is 55.7 Å². The lowest BCUT2D eigenvalue weighted by Gasteiger charge is -2.27. The lowest BCUT2D eigenvalue weighted by atomic mass is 9.76. The SMILES string of the molecule is Cc1ccc([C@H](c2ccccc2)C(C(N)=O)c2ccc3oc(C(C)(O)c4ccncn4)cc3n2)c(C)c1. The standard InChI is InChI=1S/C30H28N4O3/c1-18-9-10-21(19(2)15-18)27(20-7-5-4-6-8-20)28(29(31)35)22-11-12-24-23(34-22)16-26(37-24)30(3,36)25-13-14-32-17-33-25/h4-17,27-28,36H,1-3H3,(H2,31,35)/t27-,28?,30?/m0/s1. The summed E-state index contributed by atoms with van der Waals surface area (Å²) >= 11 is 0. The molecule has 2 aromatic carbocycles. The minimum atomic E-state index is -1.49. The van der Waals surface area contributed by atoms with E-state index in [1.807, 2.05) is 50.2 Å². The van der Waals surface area contributed by atoms with Crippen LogP contribution in [0.5, 0.6) is 0 Å². The van der Waals surface area contributed by atoms with Crippen LogP contribution >= 0.6 is 0 Å². The first-order valence-electron chi connectivity index (χ1n) is 12.1. The van der Waals surface area contributed by atoms with Crippen molar-refractivity contribution in [1.82, 2.24) is 15.0 Å². The number of furan rings is 1. The van der Waals surface area contributed by atoms with E-state index in [9.17, 15) is 9.90 Å².